The van der Waals surface area contributed by atoms with Gasteiger partial charge in [-0.3, -0.25) is 0 Å². The Kier molecular flexibility index (Phi) is 25.7. The molecule has 0 unspecified atom stereocenters. The highest BCUT2D eigenvalue weighted by Crippen LogP contribution is 2.34. The van der Waals surface area contributed by atoms with Crippen LogP contribution in [0.3, 0.4) is 0 Å². The number of rotatable bonds is 35. The van der Waals surface area contributed by atoms with Crippen molar-refractivity contribution in [2.24, 2.45) is 5.92 Å². The van der Waals surface area contributed by atoms with Crippen molar-refractivity contribution in [3.05, 3.63) is 117 Å². The van der Waals surface area contributed by atoms with Gasteiger partial charge < -0.3 is 0 Å². The molecule has 1 aliphatic carbocycles. The molecule has 1 heteroatoms. The summed E-state index contributed by atoms with van der Waals surface area (Å²) in [6.07, 6.45) is 46.5. The van der Waals surface area contributed by atoms with Gasteiger partial charge in [-0.25, -0.2) is 0 Å². The van der Waals surface area contributed by atoms with Gasteiger partial charge in [0.25, 0.3) is 0 Å². The predicted molar refractivity (Wildman–Crippen MR) is 286 cm³/mol. The summed E-state index contributed by atoms with van der Waals surface area (Å²) in [5.41, 5.74) is 12.7. The maximum atomic E-state index is 2.78. The Morgan fingerprint density at radius 3 is 0.778 bits per heavy atom. The van der Waals surface area contributed by atoms with Crippen molar-refractivity contribution >= 4 is 23.6 Å². The van der Waals surface area contributed by atoms with Crippen molar-refractivity contribution < 1.29 is 0 Å². The van der Waals surface area contributed by atoms with Gasteiger partial charge >= 0.3 is 0 Å². The van der Waals surface area contributed by atoms with Gasteiger partial charge in [0.2, 0.25) is 0 Å². The molecule has 4 rings (SSSR count). The summed E-state index contributed by atoms with van der Waals surface area (Å²) >= 11 is 0. The third kappa shape index (κ3) is 17.3. The van der Waals surface area contributed by atoms with Crippen LogP contribution in [0.2, 0.25) is 0 Å². The quantitative estimate of drug-likeness (QED) is 0.0314. The molecule has 1 radical (unpaired) electrons. The second-order valence-electron chi connectivity index (χ2n) is 20.3. The molecule has 0 aromatic heterocycles. The minimum absolute atomic E-state index is 0.502. The van der Waals surface area contributed by atoms with E-state index < -0.39 is 8.07 Å². The molecule has 0 saturated heterocycles. The van der Waals surface area contributed by atoms with Gasteiger partial charge in [0.1, 0.15) is 0 Å². The van der Waals surface area contributed by atoms with Gasteiger partial charge in [-0.2, -0.15) is 0 Å². The fourth-order valence-electron chi connectivity index (χ4n) is 10.4. The molecule has 0 spiro atoms. The lowest BCUT2D eigenvalue weighted by Crippen LogP contribution is -2.70. The van der Waals surface area contributed by atoms with E-state index in [2.05, 4.69) is 128 Å². The van der Waals surface area contributed by atoms with Crippen LogP contribution in [-0.4, -0.2) is 8.07 Å². The minimum Gasteiger partial charge on any atom is -0.0750 e. The van der Waals surface area contributed by atoms with E-state index in [1.807, 2.05) is 0 Å². The molecule has 0 aliphatic heterocycles. The zero-order valence-corrected chi connectivity index (χ0v) is 43.7. The summed E-state index contributed by atoms with van der Waals surface area (Å²) in [6.45, 7) is 18.9. The largest absolute Gasteiger partial charge is 0.162 e. The monoisotopic (exact) mass is 870 g/mol. The van der Waals surface area contributed by atoms with E-state index in [1.54, 1.807) is 54.5 Å². The van der Waals surface area contributed by atoms with Crippen LogP contribution in [0.25, 0.3) is 0 Å². The van der Waals surface area contributed by atoms with Gasteiger partial charge in [-0.15, -0.1) is 0 Å². The second kappa shape index (κ2) is 30.5. The van der Waals surface area contributed by atoms with E-state index in [0.717, 1.165) is 0 Å². The van der Waals surface area contributed by atoms with Crippen LogP contribution in [0.1, 0.15) is 243 Å². The number of unbranched alkanes of at least 4 members (excludes halogenated alkanes) is 18. The highest BCUT2D eigenvalue weighted by atomic mass is 28.3. The first-order valence-corrected chi connectivity index (χ1v) is 29.5. The molecule has 1 aliphatic rings. The Bertz CT molecular complexity index is 1490. The molecule has 0 bridgehead atoms. The van der Waals surface area contributed by atoms with Crippen molar-refractivity contribution in [2.45, 2.75) is 248 Å². The molecular weight excluding hydrogens is 773 g/mol. The molecule has 0 nitrogen and oxygen atoms in total. The number of benzene rings is 3. The zero-order valence-electron chi connectivity index (χ0n) is 42.7. The first-order chi connectivity index (χ1) is 30.8. The highest BCUT2D eigenvalue weighted by molar-refractivity contribution is 7.15. The van der Waals surface area contributed by atoms with E-state index in [1.165, 1.54) is 198 Å². The molecule has 3 aromatic carbocycles. The van der Waals surface area contributed by atoms with Crippen LogP contribution >= 0.6 is 0 Å². The lowest BCUT2D eigenvalue weighted by atomic mass is 10.00. The van der Waals surface area contributed by atoms with Crippen LogP contribution in [-0.2, 0) is 38.5 Å². The Hall–Kier alpha value is -2.64. The average molecular weight is 871 g/mol. The van der Waals surface area contributed by atoms with Crippen LogP contribution < -0.4 is 15.6 Å². The average Bonchev–Trinajstić information content (AvgIpc) is 3.79. The summed E-state index contributed by atoms with van der Waals surface area (Å²) in [5, 5.41) is 4.96. The van der Waals surface area contributed by atoms with Gasteiger partial charge in [0.15, 0.2) is 8.07 Å². The summed E-state index contributed by atoms with van der Waals surface area (Å²) in [7, 11) is -2.84. The van der Waals surface area contributed by atoms with Crippen molar-refractivity contribution in [1.29, 1.82) is 0 Å². The number of aryl methyl sites for hydroxylation is 6. The number of hydrogen-bond donors (Lipinski definition) is 0. The van der Waals surface area contributed by atoms with Crippen LogP contribution in [0.4, 0.5) is 0 Å². The van der Waals surface area contributed by atoms with Crippen molar-refractivity contribution in [3.8, 4) is 0 Å². The first-order valence-electron chi connectivity index (χ1n) is 27.5. The fraction of sp³-hybridized carbons (Fsp3) is 0.629. The SMILES string of the molecule is CCCCCCc1cc(CCCCCC)cc([Si]([C]2C=CC(C(C)C)=C2)(c2cc(CCCCCC)cc(CCCCCC)c2)c2cc(CCCCCC)cc(CCCCCC)c2)c1. The summed E-state index contributed by atoms with van der Waals surface area (Å²) in [5.74, 6) is 0.502. The number of hydrogen-bond acceptors (Lipinski definition) is 0. The van der Waals surface area contributed by atoms with Gasteiger partial charge in [-0.05, 0) is 137 Å². The summed E-state index contributed by atoms with van der Waals surface area (Å²) in [6, 6.07) is 24.6. The van der Waals surface area contributed by atoms with Crippen LogP contribution in [0.5, 0.6) is 0 Å². The standard InChI is InChI=1S/C62H97Si/c1-9-15-21-27-33-52-41-53(34-28-22-16-10-2)45-60(44-52)63(59-40-39-58(50-59)51(7)8,61-46-54(35-29-23-17-11-3)42-55(47-61)36-30-24-18-12-4)62-48-56(37-31-25-19-13-5)43-57(49-62)38-32-26-20-14-6/h39-51H,9-38H2,1-8H3. The molecule has 0 heterocycles. The summed E-state index contributed by atoms with van der Waals surface area (Å²) < 4.78 is 0. The molecule has 0 N–H and O–H groups in total. The molecule has 63 heavy (non-hydrogen) atoms. The third-order valence-corrected chi connectivity index (χ3v) is 18.9. The first kappa shape index (κ1) is 53.0. The molecular formula is C62H97Si. The topological polar surface area (TPSA) is 0 Å². The van der Waals surface area contributed by atoms with Crippen LogP contribution in [0.15, 0.2) is 78.4 Å². The Morgan fingerprint density at radius 2 is 0.571 bits per heavy atom. The van der Waals surface area contributed by atoms with Gasteiger partial charge in [0, 0.05) is 5.54 Å². The Labute approximate surface area is 393 Å². The zero-order chi connectivity index (χ0) is 45.1. The van der Waals surface area contributed by atoms with E-state index in [4.69, 9.17) is 0 Å². The Balaban J connectivity index is 2.13. The van der Waals surface area contributed by atoms with E-state index in [0.29, 0.717) is 5.92 Å². The maximum Gasteiger partial charge on any atom is 0.162 e. The molecule has 0 atom stereocenters. The highest BCUT2D eigenvalue weighted by Gasteiger charge is 2.47. The summed E-state index contributed by atoms with van der Waals surface area (Å²) in [4.78, 5) is 0. The molecule has 0 fully saturated rings. The lowest BCUT2D eigenvalue weighted by Gasteiger charge is -2.39. The lowest BCUT2D eigenvalue weighted by molar-refractivity contribution is 0.661. The van der Waals surface area contributed by atoms with Crippen LogP contribution in [0, 0.1) is 11.5 Å². The molecule has 3 aromatic rings. The molecule has 0 amide bonds. The third-order valence-electron chi connectivity index (χ3n) is 14.2. The van der Waals surface area contributed by atoms with Gasteiger partial charge in [-0.1, -0.05) is 244 Å². The van der Waals surface area contributed by atoms with Gasteiger partial charge in [0.05, 0.1) is 0 Å². The maximum absolute atomic E-state index is 2.84. The smallest absolute Gasteiger partial charge is 0.0750 e. The van der Waals surface area contributed by atoms with Crippen molar-refractivity contribution in [3.63, 3.8) is 0 Å². The molecule has 349 valence electrons. The van der Waals surface area contributed by atoms with E-state index >= 15 is 0 Å². The Morgan fingerprint density at radius 1 is 0.317 bits per heavy atom. The number of allylic oxidation sites excluding steroid dienone is 4. The van der Waals surface area contributed by atoms with Crippen molar-refractivity contribution in [1.82, 2.24) is 0 Å². The normalized spacial score (nSPS) is 13.2. The van der Waals surface area contributed by atoms with E-state index in [-0.39, 0.29) is 0 Å². The van der Waals surface area contributed by atoms with Crippen molar-refractivity contribution in [2.75, 3.05) is 0 Å². The second-order valence-corrected chi connectivity index (χ2v) is 24.1. The fourth-order valence-corrected chi connectivity index (χ4v) is 15.5. The predicted octanol–water partition coefficient (Wildman–Crippen LogP) is 17.2. The van der Waals surface area contributed by atoms with E-state index in [9.17, 15) is 0 Å². The minimum atomic E-state index is -2.84. The molecule has 0 saturated carbocycles.